The minimum Gasteiger partial charge on any atom is -0.393 e. The molecule has 140 valence electrons. The van der Waals surface area contributed by atoms with Gasteiger partial charge in [-0.15, -0.1) is 0 Å². The van der Waals surface area contributed by atoms with Crippen LogP contribution in [0.3, 0.4) is 0 Å². The summed E-state index contributed by atoms with van der Waals surface area (Å²) in [6.45, 7) is 6.16. The molecule has 0 aromatic heterocycles. The average molecular weight is 348 g/mol. The van der Waals surface area contributed by atoms with Crippen LogP contribution in [0.5, 0.6) is 0 Å². The molecule has 3 rings (SSSR count). The highest BCUT2D eigenvalue weighted by Crippen LogP contribution is 2.58. The van der Waals surface area contributed by atoms with Crippen molar-refractivity contribution >= 4 is 6.29 Å². The zero-order valence-corrected chi connectivity index (χ0v) is 15.9. The van der Waals surface area contributed by atoms with Crippen LogP contribution in [-0.4, -0.2) is 41.4 Å². The van der Waals surface area contributed by atoms with E-state index in [-0.39, 0.29) is 29.3 Å². The first-order valence-corrected chi connectivity index (χ1v) is 9.49. The van der Waals surface area contributed by atoms with Crippen LogP contribution < -0.4 is 0 Å². The van der Waals surface area contributed by atoms with Gasteiger partial charge >= 0.3 is 0 Å². The maximum atomic E-state index is 11.8. The Labute approximate surface area is 151 Å². The first-order chi connectivity index (χ1) is 11.8. The number of aliphatic hydroxyl groups excluding tert-OH is 2. The predicted octanol–water partition coefficient (Wildman–Crippen LogP) is 3.03. The molecule has 0 saturated heterocycles. The Morgan fingerprint density at radius 2 is 2.00 bits per heavy atom. The van der Waals surface area contributed by atoms with E-state index in [2.05, 4.69) is 13.0 Å². The zero-order chi connectivity index (χ0) is 18.4. The largest absolute Gasteiger partial charge is 0.393 e. The molecule has 0 heterocycles. The van der Waals surface area contributed by atoms with Crippen LogP contribution in [0.15, 0.2) is 23.3 Å². The highest BCUT2D eigenvalue weighted by atomic mass is 16.5. The number of ether oxygens (including phenoxy) is 1. The van der Waals surface area contributed by atoms with E-state index < -0.39 is 11.7 Å². The molecule has 0 radical (unpaired) electrons. The van der Waals surface area contributed by atoms with Crippen molar-refractivity contribution in [3.05, 3.63) is 23.3 Å². The van der Waals surface area contributed by atoms with Gasteiger partial charge in [0.15, 0.2) is 0 Å². The van der Waals surface area contributed by atoms with E-state index in [1.165, 1.54) is 0 Å². The van der Waals surface area contributed by atoms with E-state index in [1.54, 1.807) is 7.11 Å². The fraction of sp³-hybridized carbons (Fsp3) is 0.762. The van der Waals surface area contributed by atoms with Crippen LogP contribution in [0.25, 0.3) is 0 Å². The lowest BCUT2D eigenvalue weighted by molar-refractivity contribution is -0.172. The van der Waals surface area contributed by atoms with Crippen molar-refractivity contribution in [2.24, 2.45) is 23.2 Å². The Hall–Kier alpha value is -0.970. The second-order valence-corrected chi connectivity index (χ2v) is 8.92. The van der Waals surface area contributed by atoms with E-state index in [0.29, 0.717) is 6.42 Å². The number of aliphatic hydroxyl groups is 2. The molecule has 2 bridgehead atoms. The number of methoxy groups -OCH3 is 1. The molecule has 3 aliphatic carbocycles. The first-order valence-electron chi connectivity index (χ1n) is 9.49. The van der Waals surface area contributed by atoms with Crippen LogP contribution >= 0.6 is 0 Å². The molecule has 2 saturated carbocycles. The van der Waals surface area contributed by atoms with Crippen LogP contribution in [0.4, 0.5) is 0 Å². The maximum absolute atomic E-state index is 11.8. The Balaban J connectivity index is 2.10. The van der Waals surface area contributed by atoms with Gasteiger partial charge in [-0.05, 0) is 62.9 Å². The molecule has 4 heteroatoms. The van der Waals surface area contributed by atoms with E-state index in [4.69, 9.17) is 4.74 Å². The van der Waals surface area contributed by atoms with Crippen LogP contribution in [0.1, 0.15) is 52.9 Å². The lowest BCUT2D eigenvalue weighted by Crippen LogP contribution is -2.57. The molecule has 0 aliphatic heterocycles. The minimum atomic E-state index is -0.568. The Bertz CT molecular complexity index is 591. The average Bonchev–Trinajstić information content (AvgIpc) is 2.68. The van der Waals surface area contributed by atoms with Gasteiger partial charge in [0.2, 0.25) is 0 Å². The summed E-state index contributed by atoms with van der Waals surface area (Å²) in [4.78, 5) is 11.8. The van der Waals surface area contributed by atoms with Gasteiger partial charge in [-0.3, -0.25) is 4.79 Å². The van der Waals surface area contributed by atoms with Gasteiger partial charge in [0.1, 0.15) is 6.29 Å². The maximum Gasteiger partial charge on any atom is 0.146 e. The number of rotatable bonds is 3. The third kappa shape index (κ3) is 3.02. The fourth-order valence-corrected chi connectivity index (χ4v) is 5.77. The summed E-state index contributed by atoms with van der Waals surface area (Å²) < 4.78 is 6.09. The molecule has 7 atom stereocenters. The second-order valence-electron chi connectivity index (χ2n) is 8.92. The van der Waals surface area contributed by atoms with Crippen molar-refractivity contribution in [3.63, 3.8) is 0 Å². The van der Waals surface area contributed by atoms with Gasteiger partial charge in [0, 0.05) is 18.9 Å². The van der Waals surface area contributed by atoms with E-state index >= 15 is 0 Å². The molecule has 4 nitrogen and oxygen atoms in total. The number of aldehydes is 1. The lowest BCUT2D eigenvalue weighted by Gasteiger charge is -2.53. The first kappa shape index (κ1) is 18.8. The number of fused-ring (bicyclic) bond motifs is 4. The van der Waals surface area contributed by atoms with Crippen LogP contribution in [0.2, 0.25) is 0 Å². The van der Waals surface area contributed by atoms with E-state index in [1.807, 2.05) is 19.9 Å². The van der Waals surface area contributed by atoms with Gasteiger partial charge < -0.3 is 14.9 Å². The molecule has 7 unspecified atom stereocenters. The number of carbonyl (C=O) groups is 1. The van der Waals surface area contributed by atoms with Crippen molar-refractivity contribution in [1.82, 2.24) is 0 Å². The quantitative estimate of drug-likeness (QED) is 0.608. The Kier molecular flexibility index (Phi) is 5.00. The van der Waals surface area contributed by atoms with Crippen molar-refractivity contribution in [2.45, 2.75) is 70.7 Å². The van der Waals surface area contributed by atoms with Crippen LogP contribution in [-0.2, 0) is 9.53 Å². The van der Waals surface area contributed by atoms with Gasteiger partial charge in [-0.2, -0.15) is 0 Å². The summed E-state index contributed by atoms with van der Waals surface area (Å²) in [6, 6.07) is 0. The van der Waals surface area contributed by atoms with Crippen molar-refractivity contribution in [2.75, 3.05) is 7.11 Å². The van der Waals surface area contributed by atoms with Crippen molar-refractivity contribution in [1.29, 1.82) is 0 Å². The Morgan fingerprint density at radius 3 is 2.60 bits per heavy atom. The van der Waals surface area contributed by atoms with Gasteiger partial charge in [-0.1, -0.05) is 24.6 Å². The van der Waals surface area contributed by atoms with Crippen LogP contribution in [0, 0.1) is 23.2 Å². The highest BCUT2D eigenvalue weighted by Gasteiger charge is 2.59. The second kappa shape index (κ2) is 6.64. The van der Waals surface area contributed by atoms with Crippen molar-refractivity contribution in [3.8, 4) is 0 Å². The van der Waals surface area contributed by atoms with Gasteiger partial charge in [0.05, 0.1) is 17.8 Å². The third-order valence-electron chi connectivity index (χ3n) is 7.06. The monoisotopic (exact) mass is 348 g/mol. The molecule has 0 spiro atoms. The molecule has 3 aliphatic rings. The molecule has 25 heavy (non-hydrogen) atoms. The summed E-state index contributed by atoms with van der Waals surface area (Å²) in [6.07, 6.45) is 7.87. The lowest BCUT2D eigenvalue weighted by atomic mass is 9.59. The Morgan fingerprint density at radius 1 is 1.28 bits per heavy atom. The number of hydrogen-bond donors (Lipinski definition) is 2. The molecule has 0 aromatic rings. The summed E-state index contributed by atoms with van der Waals surface area (Å²) in [5, 5.41) is 21.9. The molecular weight excluding hydrogens is 316 g/mol. The van der Waals surface area contributed by atoms with E-state index in [0.717, 1.165) is 43.1 Å². The predicted molar refractivity (Wildman–Crippen MR) is 97.0 cm³/mol. The number of carbonyl (C=O) groups excluding carboxylic acids is 1. The zero-order valence-electron chi connectivity index (χ0n) is 15.9. The standard InChI is InChI=1S/C21H32O4/c1-13(2)9-14-10-15(11-22)16-5-7-20(3)12-21(25-4,8-6-17(20)23)18(16)19(14)24/h9-11,14,16-19,23-24H,5-8,12H2,1-4H3. The van der Waals surface area contributed by atoms with E-state index in [9.17, 15) is 15.0 Å². The third-order valence-corrected chi connectivity index (χ3v) is 7.06. The van der Waals surface area contributed by atoms with Gasteiger partial charge in [0.25, 0.3) is 0 Å². The van der Waals surface area contributed by atoms with Gasteiger partial charge in [-0.25, -0.2) is 0 Å². The smallest absolute Gasteiger partial charge is 0.146 e. The molecule has 2 fully saturated rings. The minimum absolute atomic E-state index is 0.00128. The number of hydrogen-bond acceptors (Lipinski definition) is 4. The fourth-order valence-electron chi connectivity index (χ4n) is 5.77. The SMILES string of the molecule is COC12CCC(O)C(C)(CCC3C(C=O)=CC(C=C(C)C)C(O)C31)C2. The van der Waals surface area contributed by atoms with Crippen molar-refractivity contribution < 1.29 is 19.7 Å². The molecular formula is C21H32O4. The highest BCUT2D eigenvalue weighted by molar-refractivity contribution is 5.75. The summed E-state index contributed by atoms with van der Waals surface area (Å²) in [5.41, 5.74) is 1.23. The normalized spacial score (nSPS) is 46.5. The summed E-state index contributed by atoms with van der Waals surface area (Å²) in [7, 11) is 1.72. The summed E-state index contributed by atoms with van der Waals surface area (Å²) >= 11 is 0. The number of allylic oxidation sites excluding steroid dienone is 2. The molecule has 2 N–H and O–H groups in total. The molecule has 0 amide bonds. The molecule has 0 aromatic carbocycles. The summed E-state index contributed by atoms with van der Waals surface area (Å²) in [5.74, 6) is -0.270. The topological polar surface area (TPSA) is 66.8 Å².